The van der Waals surface area contributed by atoms with Gasteiger partial charge in [0.25, 0.3) is 0 Å². The Morgan fingerprint density at radius 1 is 1.15 bits per heavy atom. The summed E-state index contributed by atoms with van der Waals surface area (Å²) in [5.74, 6) is -0.502. The van der Waals surface area contributed by atoms with Crippen LogP contribution in [0, 0.1) is 11.6 Å². The summed E-state index contributed by atoms with van der Waals surface area (Å²) >= 11 is 12.4. The molecule has 0 N–H and O–H groups in total. The van der Waals surface area contributed by atoms with Gasteiger partial charge < -0.3 is 4.74 Å². The third-order valence-electron chi connectivity index (χ3n) is 2.78. The van der Waals surface area contributed by atoms with E-state index in [1.54, 1.807) is 12.1 Å². The van der Waals surface area contributed by atoms with Crippen molar-refractivity contribution in [1.82, 2.24) is 0 Å². The average molecular weight is 426 g/mol. The minimum Gasteiger partial charge on any atom is -0.496 e. The van der Waals surface area contributed by atoms with E-state index < -0.39 is 11.6 Å². The second kappa shape index (κ2) is 6.41. The molecule has 106 valence electrons. The molecule has 0 bridgehead atoms. The van der Waals surface area contributed by atoms with Crippen molar-refractivity contribution in [1.29, 1.82) is 0 Å². The van der Waals surface area contributed by atoms with Gasteiger partial charge in [-0.3, -0.25) is 0 Å². The topological polar surface area (TPSA) is 9.23 Å². The summed E-state index contributed by atoms with van der Waals surface area (Å²) in [6.07, 6.45) is 0. The second-order valence-electron chi connectivity index (χ2n) is 4.04. The van der Waals surface area contributed by atoms with Crippen LogP contribution in [0.4, 0.5) is 8.78 Å². The number of rotatable bonds is 3. The molecule has 2 rings (SSSR count). The first-order valence-corrected chi connectivity index (χ1v) is 7.64. The summed E-state index contributed by atoms with van der Waals surface area (Å²) in [5, 5.41) is 0.0343. The van der Waals surface area contributed by atoms with Crippen LogP contribution in [0.25, 0.3) is 0 Å². The third-order valence-corrected chi connectivity index (χ3v) is 4.70. The van der Waals surface area contributed by atoms with Gasteiger partial charge in [0.1, 0.15) is 17.4 Å². The van der Waals surface area contributed by atoms with Gasteiger partial charge in [-0.05, 0) is 39.7 Å². The van der Waals surface area contributed by atoms with Crippen molar-refractivity contribution in [3.63, 3.8) is 0 Å². The van der Waals surface area contributed by atoms with Crippen LogP contribution < -0.4 is 4.74 Å². The molecule has 0 saturated carbocycles. The number of hydrogen-bond donors (Lipinski definition) is 0. The van der Waals surface area contributed by atoms with Gasteiger partial charge in [0.05, 0.1) is 21.4 Å². The highest BCUT2D eigenvalue weighted by Gasteiger charge is 2.19. The van der Waals surface area contributed by atoms with Crippen molar-refractivity contribution < 1.29 is 13.5 Å². The van der Waals surface area contributed by atoms with Crippen LogP contribution in [-0.2, 0) is 0 Å². The van der Waals surface area contributed by atoms with Crippen molar-refractivity contribution >= 4 is 43.5 Å². The van der Waals surface area contributed by atoms with Crippen LogP contribution in [-0.4, -0.2) is 7.11 Å². The number of methoxy groups -OCH3 is 1. The fourth-order valence-electron chi connectivity index (χ4n) is 1.77. The zero-order valence-corrected chi connectivity index (χ0v) is 14.2. The second-order valence-corrected chi connectivity index (χ2v) is 6.22. The smallest absolute Gasteiger partial charge is 0.141 e. The Hall–Kier alpha value is -0.650. The molecule has 0 radical (unpaired) electrons. The summed E-state index contributed by atoms with van der Waals surface area (Å²) in [5.41, 5.74) is 1.46. The molecular formula is C14H9Br2ClF2O. The molecule has 0 aliphatic rings. The van der Waals surface area contributed by atoms with Crippen LogP contribution in [0.1, 0.15) is 16.0 Å². The van der Waals surface area contributed by atoms with Crippen molar-refractivity contribution in [3.05, 3.63) is 62.6 Å². The number of ether oxygens (including phenoxy) is 1. The van der Waals surface area contributed by atoms with Crippen LogP contribution in [0.15, 0.2) is 34.8 Å². The molecule has 0 spiro atoms. The Balaban J connectivity index is 2.49. The molecule has 0 aromatic heterocycles. The molecule has 0 saturated heterocycles. The largest absolute Gasteiger partial charge is 0.496 e. The fraction of sp³-hybridized carbons (Fsp3) is 0.143. The standard InChI is InChI=1S/C14H9Br2ClF2O/c1-20-13-6-12(19)9(15)5-8(13)14(16)7-2-3-11(18)10(17)4-7/h2-6,14H,1H3. The maximum atomic E-state index is 13.5. The molecule has 0 aliphatic heterocycles. The molecule has 6 heteroatoms. The lowest BCUT2D eigenvalue weighted by atomic mass is 10.0. The van der Waals surface area contributed by atoms with E-state index in [4.69, 9.17) is 16.3 Å². The molecule has 20 heavy (non-hydrogen) atoms. The van der Waals surface area contributed by atoms with E-state index in [1.807, 2.05) is 0 Å². The monoisotopic (exact) mass is 424 g/mol. The molecule has 1 nitrogen and oxygen atoms in total. The molecule has 2 aromatic carbocycles. The van der Waals surface area contributed by atoms with Gasteiger partial charge in [-0.1, -0.05) is 33.6 Å². The van der Waals surface area contributed by atoms with Gasteiger partial charge >= 0.3 is 0 Å². The van der Waals surface area contributed by atoms with Gasteiger partial charge in [-0.25, -0.2) is 8.78 Å². The first-order chi connectivity index (χ1) is 9.43. The van der Waals surface area contributed by atoms with Gasteiger partial charge in [0.2, 0.25) is 0 Å². The Kier molecular flexibility index (Phi) is 5.04. The summed E-state index contributed by atoms with van der Waals surface area (Å²) in [6, 6.07) is 7.32. The van der Waals surface area contributed by atoms with E-state index in [2.05, 4.69) is 31.9 Å². The number of benzene rings is 2. The van der Waals surface area contributed by atoms with E-state index in [-0.39, 0.29) is 9.85 Å². The van der Waals surface area contributed by atoms with Crippen LogP contribution in [0.3, 0.4) is 0 Å². The molecular weight excluding hydrogens is 417 g/mol. The van der Waals surface area contributed by atoms with Crippen LogP contribution in [0.5, 0.6) is 5.75 Å². The maximum absolute atomic E-state index is 13.5. The Morgan fingerprint density at radius 2 is 1.85 bits per heavy atom. The molecule has 2 aromatic rings. The molecule has 0 amide bonds. The zero-order chi connectivity index (χ0) is 14.9. The van der Waals surface area contributed by atoms with Crippen molar-refractivity contribution in [2.45, 2.75) is 4.83 Å². The summed E-state index contributed by atoms with van der Waals surface area (Å²) < 4.78 is 32.2. The van der Waals surface area contributed by atoms with Gasteiger partial charge in [0, 0.05) is 11.6 Å². The van der Waals surface area contributed by atoms with E-state index in [0.29, 0.717) is 15.8 Å². The molecule has 0 heterocycles. The predicted octanol–water partition coefficient (Wildman–Crippen LogP) is 5.87. The highest BCUT2D eigenvalue weighted by Crippen LogP contribution is 2.39. The molecule has 0 fully saturated rings. The normalized spacial score (nSPS) is 12.3. The lowest BCUT2D eigenvalue weighted by molar-refractivity contribution is 0.406. The molecule has 1 unspecified atom stereocenters. The molecule has 0 aliphatic carbocycles. The first kappa shape index (κ1) is 15.7. The molecule has 1 atom stereocenters. The summed E-state index contributed by atoms with van der Waals surface area (Å²) in [4.78, 5) is -0.299. The highest BCUT2D eigenvalue weighted by molar-refractivity contribution is 9.10. The first-order valence-electron chi connectivity index (χ1n) is 5.56. The summed E-state index contributed by atoms with van der Waals surface area (Å²) in [6.45, 7) is 0. The minimum absolute atomic E-state index is 0.0343. The lowest BCUT2D eigenvalue weighted by Crippen LogP contribution is -1.99. The number of hydrogen-bond acceptors (Lipinski definition) is 1. The Labute approximate surface area is 137 Å². The zero-order valence-electron chi connectivity index (χ0n) is 10.3. The van der Waals surface area contributed by atoms with Crippen molar-refractivity contribution in [3.8, 4) is 5.75 Å². The van der Waals surface area contributed by atoms with Crippen molar-refractivity contribution in [2.75, 3.05) is 7.11 Å². The number of halogens is 5. The fourth-order valence-corrected chi connectivity index (χ4v) is 2.96. The Morgan fingerprint density at radius 3 is 2.45 bits per heavy atom. The average Bonchev–Trinajstić information content (AvgIpc) is 2.43. The van der Waals surface area contributed by atoms with E-state index >= 15 is 0 Å². The lowest BCUT2D eigenvalue weighted by Gasteiger charge is -2.16. The van der Waals surface area contributed by atoms with E-state index in [0.717, 1.165) is 5.56 Å². The van der Waals surface area contributed by atoms with Gasteiger partial charge in [-0.2, -0.15) is 0 Å². The SMILES string of the molecule is COc1cc(F)c(Br)cc1C(Br)c1ccc(F)c(Cl)c1. The van der Waals surface area contributed by atoms with Gasteiger partial charge in [-0.15, -0.1) is 0 Å². The van der Waals surface area contributed by atoms with Crippen molar-refractivity contribution in [2.24, 2.45) is 0 Å². The highest BCUT2D eigenvalue weighted by atomic mass is 79.9. The predicted molar refractivity (Wildman–Crippen MR) is 82.8 cm³/mol. The maximum Gasteiger partial charge on any atom is 0.141 e. The quantitative estimate of drug-likeness (QED) is 0.558. The minimum atomic E-state index is -0.484. The number of alkyl halides is 1. The Bertz CT molecular complexity index is 649. The van der Waals surface area contributed by atoms with Gasteiger partial charge in [0.15, 0.2) is 0 Å². The van der Waals surface area contributed by atoms with Crippen LogP contribution in [0.2, 0.25) is 5.02 Å². The summed E-state index contributed by atoms with van der Waals surface area (Å²) in [7, 11) is 1.46. The van der Waals surface area contributed by atoms with E-state index in [1.165, 1.54) is 25.3 Å². The van der Waals surface area contributed by atoms with E-state index in [9.17, 15) is 8.78 Å². The third kappa shape index (κ3) is 3.15. The van der Waals surface area contributed by atoms with Crippen LogP contribution >= 0.6 is 43.5 Å².